The van der Waals surface area contributed by atoms with Gasteiger partial charge in [-0.05, 0) is 19.1 Å². The highest BCUT2D eigenvalue weighted by atomic mass is 15.2. The van der Waals surface area contributed by atoms with E-state index in [2.05, 4.69) is 45.9 Å². The highest BCUT2D eigenvalue weighted by Crippen LogP contribution is 2.12. The van der Waals surface area contributed by atoms with Crippen molar-refractivity contribution in [3.05, 3.63) is 35.9 Å². The van der Waals surface area contributed by atoms with Crippen molar-refractivity contribution in [2.75, 3.05) is 32.7 Å². The van der Waals surface area contributed by atoms with E-state index in [1.807, 2.05) is 0 Å². The van der Waals surface area contributed by atoms with Crippen LogP contribution in [-0.2, 0) is 6.42 Å². The quantitative estimate of drug-likeness (QED) is 0.877. The fourth-order valence-corrected chi connectivity index (χ4v) is 2.64. The molecule has 3 heterocycles. The Morgan fingerprint density at radius 1 is 1.28 bits per heavy atom. The van der Waals surface area contributed by atoms with Gasteiger partial charge in [0.2, 0.25) is 0 Å². The molecule has 1 aliphatic rings. The van der Waals surface area contributed by atoms with Gasteiger partial charge in [0.15, 0.2) is 0 Å². The molecule has 4 heteroatoms. The second kappa shape index (κ2) is 5.08. The van der Waals surface area contributed by atoms with E-state index in [4.69, 9.17) is 4.98 Å². The topological polar surface area (TPSA) is 32.6 Å². The fraction of sp³-hybridized carbons (Fsp3) is 0.500. The Balaban J connectivity index is 1.74. The van der Waals surface area contributed by atoms with Crippen molar-refractivity contribution in [2.24, 2.45) is 0 Å². The largest absolute Gasteiger partial charge is 0.314 e. The molecule has 2 aromatic rings. The van der Waals surface area contributed by atoms with Crippen LogP contribution in [-0.4, -0.2) is 47.0 Å². The highest BCUT2D eigenvalue weighted by Gasteiger charge is 2.12. The number of nitrogens with one attached hydrogen (secondary N) is 1. The second-order valence-corrected chi connectivity index (χ2v) is 4.91. The Morgan fingerprint density at radius 3 is 2.94 bits per heavy atom. The van der Waals surface area contributed by atoms with Crippen LogP contribution in [0.25, 0.3) is 5.52 Å². The van der Waals surface area contributed by atoms with Crippen LogP contribution in [0.5, 0.6) is 0 Å². The predicted molar refractivity (Wildman–Crippen MR) is 72.9 cm³/mol. The van der Waals surface area contributed by atoms with Crippen molar-refractivity contribution < 1.29 is 0 Å². The van der Waals surface area contributed by atoms with Crippen molar-refractivity contribution in [2.45, 2.75) is 13.3 Å². The first-order valence-corrected chi connectivity index (χ1v) is 6.70. The summed E-state index contributed by atoms with van der Waals surface area (Å²) in [6.07, 6.45) is 3.14. The van der Waals surface area contributed by atoms with E-state index in [0.29, 0.717) is 0 Å². The summed E-state index contributed by atoms with van der Waals surface area (Å²) in [5, 5.41) is 3.38. The van der Waals surface area contributed by atoms with E-state index < -0.39 is 0 Å². The van der Waals surface area contributed by atoms with E-state index in [1.54, 1.807) is 0 Å². The van der Waals surface area contributed by atoms with Crippen molar-refractivity contribution >= 4 is 5.52 Å². The molecule has 0 saturated carbocycles. The van der Waals surface area contributed by atoms with Gasteiger partial charge < -0.3 is 14.6 Å². The number of piperazine rings is 1. The van der Waals surface area contributed by atoms with Gasteiger partial charge >= 0.3 is 0 Å². The van der Waals surface area contributed by atoms with Crippen LogP contribution in [0.4, 0.5) is 0 Å². The zero-order valence-electron chi connectivity index (χ0n) is 10.9. The van der Waals surface area contributed by atoms with Gasteiger partial charge in [0.25, 0.3) is 0 Å². The van der Waals surface area contributed by atoms with Crippen molar-refractivity contribution in [1.29, 1.82) is 0 Å². The minimum Gasteiger partial charge on any atom is -0.314 e. The number of rotatable bonds is 3. The molecule has 0 aromatic carbocycles. The number of aromatic nitrogens is 2. The van der Waals surface area contributed by atoms with Crippen molar-refractivity contribution in [3.63, 3.8) is 0 Å². The summed E-state index contributed by atoms with van der Waals surface area (Å²) in [4.78, 5) is 7.20. The second-order valence-electron chi connectivity index (χ2n) is 4.91. The maximum absolute atomic E-state index is 4.69. The van der Waals surface area contributed by atoms with Crippen molar-refractivity contribution in [3.8, 4) is 0 Å². The first-order valence-electron chi connectivity index (χ1n) is 6.70. The van der Waals surface area contributed by atoms with Crippen LogP contribution in [0.3, 0.4) is 0 Å². The monoisotopic (exact) mass is 244 g/mol. The molecule has 0 unspecified atom stereocenters. The number of aryl methyl sites for hydroxylation is 1. The maximum Gasteiger partial charge on any atom is 0.114 e. The lowest BCUT2D eigenvalue weighted by Crippen LogP contribution is -2.44. The van der Waals surface area contributed by atoms with Crippen LogP contribution in [0.15, 0.2) is 24.4 Å². The van der Waals surface area contributed by atoms with E-state index in [0.717, 1.165) is 44.8 Å². The predicted octanol–water partition coefficient (Wildman–Crippen LogP) is 1.09. The summed E-state index contributed by atoms with van der Waals surface area (Å²) in [6.45, 7) is 7.73. The molecule has 2 aromatic heterocycles. The number of hydrogen-bond donors (Lipinski definition) is 1. The summed E-state index contributed by atoms with van der Waals surface area (Å²) in [7, 11) is 0. The smallest absolute Gasteiger partial charge is 0.114 e. The van der Waals surface area contributed by atoms with Crippen LogP contribution in [0, 0.1) is 6.92 Å². The molecule has 0 radical (unpaired) electrons. The number of nitrogens with zero attached hydrogens (tertiary/aromatic N) is 3. The molecule has 1 aliphatic heterocycles. The van der Waals surface area contributed by atoms with Crippen LogP contribution < -0.4 is 5.32 Å². The summed E-state index contributed by atoms with van der Waals surface area (Å²) in [6, 6.07) is 6.28. The minimum absolute atomic E-state index is 1.03. The van der Waals surface area contributed by atoms with Gasteiger partial charge in [-0.1, -0.05) is 6.07 Å². The molecule has 4 nitrogen and oxygen atoms in total. The average molecular weight is 244 g/mol. The molecule has 0 amide bonds. The SMILES string of the molecule is Cc1nc(CCN2CCNCC2)n2ccccc12. The molecule has 0 bridgehead atoms. The molecule has 0 atom stereocenters. The number of imidazole rings is 1. The van der Waals surface area contributed by atoms with Gasteiger partial charge in [-0.25, -0.2) is 4.98 Å². The Labute approximate surface area is 108 Å². The van der Waals surface area contributed by atoms with Gasteiger partial charge in [-0.2, -0.15) is 0 Å². The van der Waals surface area contributed by atoms with Crippen LogP contribution in [0.2, 0.25) is 0 Å². The maximum atomic E-state index is 4.69. The molecule has 0 spiro atoms. The molecule has 18 heavy (non-hydrogen) atoms. The Morgan fingerprint density at radius 2 is 2.11 bits per heavy atom. The molecule has 0 aliphatic carbocycles. The van der Waals surface area contributed by atoms with E-state index in [9.17, 15) is 0 Å². The third-order valence-corrected chi connectivity index (χ3v) is 3.67. The standard InChI is InChI=1S/C14H20N4/c1-12-13-4-2-3-8-18(13)14(16-12)5-9-17-10-6-15-7-11-17/h2-4,8,15H,5-7,9-11H2,1H3. The Bertz CT molecular complexity index is 526. The summed E-state index contributed by atoms with van der Waals surface area (Å²) >= 11 is 0. The lowest BCUT2D eigenvalue weighted by molar-refractivity contribution is 0.242. The summed E-state index contributed by atoms with van der Waals surface area (Å²) in [5.74, 6) is 1.18. The first kappa shape index (κ1) is 11.7. The molecule has 1 N–H and O–H groups in total. The fourth-order valence-electron chi connectivity index (χ4n) is 2.64. The van der Waals surface area contributed by atoms with Gasteiger partial charge in [-0.15, -0.1) is 0 Å². The molecule has 3 rings (SSSR count). The number of fused-ring (bicyclic) bond motifs is 1. The molecule has 96 valence electrons. The third-order valence-electron chi connectivity index (χ3n) is 3.67. The van der Waals surface area contributed by atoms with Crippen LogP contribution in [0.1, 0.15) is 11.5 Å². The average Bonchev–Trinajstić information content (AvgIpc) is 2.75. The third kappa shape index (κ3) is 2.26. The minimum atomic E-state index is 1.03. The zero-order valence-corrected chi connectivity index (χ0v) is 10.9. The summed E-state index contributed by atoms with van der Waals surface area (Å²) < 4.78 is 2.22. The molecular weight excluding hydrogens is 224 g/mol. The highest BCUT2D eigenvalue weighted by molar-refractivity contribution is 5.52. The van der Waals surface area contributed by atoms with E-state index in [1.165, 1.54) is 11.3 Å². The van der Waals surface area contributed by atoms with Crippen LogP contribution >= 0.6 is 0 Å². The zero-order chi connectivity index (χ0) is 12.4. The normalized spacial score (nSPS) is 17.4. The Hall–Kier alpha value is -1.39. The number of pyridine rings is 1. The van der Waals surface area contributed by atoms with Gasteiger partial charge in [-0.3, -0.25) is 0 Å². The molecule has 1 fully saturated rings. The van der Waals surface area contributed by atoms with E-state index >= 15 is 0 Å². The lowest BCUT2D eigenvalue weighted by Gasteiger charge is -2.26. The number of hydrogen-bond acceptors (Lipinski definition) is 3. The van der Waals surface area contributed by atoms with Crippen molar-refractivity contribution in [1.82, 2.24) is 19.6 Å². The summed E-state index contributed by atoms with van der Waals surface area (Å²) in [5.41, 5.74) is 2.36. The first-order chi connectivity index (χ1) is 8.84. The van der Waals surface area contributed by atoms with Gasteiger partial charge in [0.1, 0.15) is 5.82 Å². The molecular formula is C14H20N4. The van der Waals surface area contributed by atoms with Gasteiger partial charge in [0.05, 0.1) is 11.2 Å². The lowest BCUT2D eigenvalue weighted by atomic mass is 10.3. The Kier molecular flexibility index (Phi) is 3.30. The molecule has 1 saturated heterocycles. The van der Waals surface area contributed by atoms with E-state index in [-0.39, 0.29) is 0 Å². The van der Waals surface area contributed by atoms with Gasteiger partial charge in [0, 0.05) is 45.3 Å².